The zero-order valence-electron chi connectivity index (χ0n) is 6.12. The van der Waals surface area contributed by atoms with Gasteiger partial charge in [-0.15, -0.1) is 0 Å². The Kier molecular flexibility index (Phi) is 1.78. The molecule has 0 unspecified atom stereocenters. The van der Waals surface area contributed by atoms with E-state index in [-0.39, 0.29) is 0 Å². The van der Waals surface area contributed by atoms with Crippen molar-refractivity contribution in [2.75, 3.05) is 13.2 Å². The van der Waals surface area contributed by atoms with Gasteiger partial charge >= 0.3 is 0 Å². The van der Waals surface area contributed by atoms with Crippen molar-refractivity contribution >= 4 is 0 Å². The molecule has 1 saturated heterocycles. The minimum Gasteiger partial charge on any atom is -0.491 e. The molecule has 0 saturated carbocycles. The number of rotatable bonds is 3. The molecule has 0 aliphatic carbocycles. The fraction of sp³-hybridized carbons (Fsp3) is 0.333. The van der Waals surface area contributed by atoms with Crippen LogP contribution in [0.1, 0.15) is 0 Å². The summed E-state index contributed by atoms with van der Waals surface area (Å²) >= 11 is 0. The highest BCUT2D eigenvalue weighted by Crippen LogP contribution is 2.13. The molecule has 0 N–H and O–H groups in total. The Bertz CT molecular complexity index is 216. The minimum absolute atomic E-state index is 0.333. The lowest BCUT2D eigenvalue weighted by atomic mass is 10.3. The molecule has 1 aliphatic heterocycles. The van der Waals surface area contributed by atoms with Crippen LogP contribution >= 0.6 is 0 Å². The smallest absolute Gasteiger partial charge is 0.119 e. The van der Waals surface area contributed by atoms with E-state index in [1.54, 1.807) is 0 Å². The first-order valence-electron chi connectivity index (χ1n) is 3.66. The Morgan fingerprint density at radius 2 is 2.27 bits per heavy atom. The summed E-state index contributed by atoms with van der Waals surface area (Å²) in [7, 11) is 0. The number of hydrogen-bond acceptors (Lipinski definition) is 2. The van der Waals surface area contributed by atoms with Gasteiger partial charge in [-0.2, -0.15) is 0 Å². The van der Waals surface area contributed by atoms with E-state index in [9.17, 15) is 0 Å². The Labute approximate surface area is 65.7 Å². The molecule has 2 heteroatoms. The molecular formula is C9H9O2. The van der Waals surface area contributed by atoms with Gasteiger partial charge in [0.15, 0.2) is 0 Å². The highest BCUT2D eigenvalue weighted by molar-refractivity contribution is 5.20. The van der Waals surface area contributed by atoms with Crippen LogP contribution in [-0.2, 0) is 4.74 Å². The Hall–Kier alpha value is -1.02. The lowest BCUT2D eigenvalue weighted by molar-refractivity contribution is 0.263. The predicted molar refractivity (Wildman–Crippen MR) is 40.5 cm³/mol. The lowest BCUT2D eigenvalue weighted by Gasteiger charge is -2.01. The average molecular weight is 149 g/mol. The van der Waals surface area contributed by atoms with Crippen LogP contribution in [0, 0.1) is 6.07 Å². The summed E-state index contributed by atoms with van der Waals surface area (Å²) in [5, 5.41) is 0. The van der Waals surface area contributed by atoms with E-state index >= 15 is 0 Å². The summed E-state index contributed by atoms with van der Waals surface area (Å²) in [6, 6.07) is 10.4. The summed E-state index contributed by atoms with van der Waals surface area (Å²) in [6.45, 7) is 1.52. The number of epoxide rings is 1. The van der Waals surface area contributed by atoms with Gasteiger partial charge in [0, 0.05) is 0 Å². The van der Waals surface area contributed by atoms with Crippen LogP contribution < -0.4 is 4.74 Å². The first-order chi connectivity index (χ1) is 5.45. The van der Waals surface area contributed by atoms with Crippen LogP contribution in [0.5, 0.6) is 5.75 Å². The van der Waals surface area contributed by atoms with Crippen LogP contribution in [0.3, 0.4) is 0 Å². The van der Waals surface area contributed by atoms with Crippen LogP contribution in [0.2, 0.25) is 0 Å². The molecule has 2 nitrogen and oxygen atoms in total. The van der Waals surface area contributed by atoms with Crippen molar-refractivity contribution in [2.45, 2.75) is 6.10 Å². The van der Waals surface area contributed by atoms with Crippen molar-refractivity contribution in [3.05, 3.63) is 30.3 Å². The molecule has 2 rings (SSSR count). The van der Waals surface area contributed by atoms with Crippen molar-refractivity contribution in [1.82, 2.24) is 0 Å². The second kappa shape index (κ2) is 2.93. The minimum atomic E-state index is 0.333. The molecule has 1 radical (unpaired) electrons. The standard InChI is InChI=1S/C9H9O2/c1-2-4-8(5-3-1)10-6-9-7-11-9/h2-5,9H,6-7H2/t9-/m0/s1. The summed E-state index contributed by atoms with van der Waals surface area (Å²) < 4.78 is 10.4. The molecular weight excluding hydrogens is 140 g/mol. The molecule has 0 spiro atoms. The maximum absolute atomic E-state index is 5.38. The van der Waals surface area contributed by atoms with E-state index in [1.807, 2.05) is 24.3 Å². The Balaban J connectivity index is 1.85. The molecule has 0 bridgehead atoms. The molecule has 1 heterocycles. The van der Waals surface area contributed by atoms with E-state index in [0.29, 0.717) is 12.7 Å². The third kappa shape index (κ3) is 1.95. The van der Waals surface area contributed by atoms with Crippen LogP contribution in [0.15, 0.2) is 24.3 Å². The molecule has 1 fully saturated rings. The zero-order chi connectivity index (χ0) is 7.52. The monoisotopic (exact) mass is 149 g/mol. The normalized spacial score (nSPS) is 21.3. The van der Waals surface area contributed by atoms with Crippen molar-refractivity contribution < 1.29 is 9.47 Å². The van der Waals surface area contributed by atoms with Crippen LogP contribution in [0.4, 0.5) is 0 Å². The zero-order valence-corrected chi connectivity index (χ0v) is 6.12. The second-order valence-corrected chi connectivity index (χ2v) is 2.50. The van der Waals surface area contributed by atoms with E-state index in [1.165, 1.54) is 0 Å². The molecule has 0 amide bonds. The number of hydrogen-bond donors (Lipinski definition) is 0. The van der Waals surface area contributed by atoms with Gasteiger partial charge in [0.1, 0.15) is 18.5 Å². The molecule has 11 heavy (non-hydrogen) atoms. The van der Waals surface area contributed by atoms with E-state index in [0.717, 1.165) is 12.4 Å². The summed E-state index contributed by atoms with van der Waals surface area (Å²) in [4.78, 5) is 0. The van der Waals surface area contributed by atoms with Gasteiger partial charge in [-0.1, -0.05) is 12.1 Å². The van der Waals surface area contributed by atoms with Crippen LogP contribution in [0.25, 0.3) is 0 Å². The Morgan fingerprint density at radius 3 is 2.91 bits per heavy atom. The van der Waals surface area contributed by atoms with Crippen molar-refractivity contribution in [2.24, 2.45) is 0 Å². The fourth-order valence-corrected chi connectivity index (χ4v) is 0.821. The largest absolute Gasteiger partial charge is 0.491 e. The van der Waals surface area contributed by atoms with Crippen molar-refractivity contribution in [3.63, 3.8) is 0 Å². The topological polar surface area (TPSA) is 21.8 Å². The summed E-state index contributed by atoms with van der Waals surface area (Å²) in [6.07, 6.45) is 0.333. The SMILES string of the molecule is [c]1ccc(OC[C@H]2CO2)cc1. The van der Waals surface area contributed by atoms with Gasteiger partial charge in [0.05, 0.1) is 6.61 Å². The molecule has 1 aliphatic rings. The average Bonchev–Trinajstić information content (AvgIpc) is 2.86. The molecule has 57 valence electrons. The van der Waals surface area contributed by atoms with Gasteiger partial charge in [-0.25, -0.2) is 0 Å². The van der Waals surface area contributed by atoms with Crippen molar-refractivity contribution in [1.29, 1.82) is 0 Å². The molecule has 0 aromatic heterocycles. The van der Waals surface area contributed by atoms with Crippen molar-refractivity contribution in [3.8, 4) is 5.75 Å². The lowest BCUT2D eigenvalue weighted by Crippen LogP contribution is -2.03. The maximum atomic E-state index is 5.38. The second-order valence-electron chi connectivity index (χ2n) is 2.50. The van der Waals surface area contributed by atoms with Crippen LogP contribution in [-0.4, -0.2) is 19.3 Å². The van der Waals surface area contributed by atoms with Gasteiger partial charge in [0.25, 0.3) is 0 Å². The maximum Gasteiger partial charge on any atom is 0.119 e. The predicted octanol–water partition coefficient (Wildman–Crippen LogP) is 1.26. The van der Waals surface area contributed by atoms with Gasteiger partial charge in [-0.05, 0) is 18.2 Å². The highest BCUT2D eigenvalue weighted by Gasteiger charge is 2.22. The molecule has 1 aromatic carbocycles. The quantitative estimate of drug-likeness (QED) is 0.603. The first kappa shape index (κ1) is 6.68. The van der Waals surface area contributed by atoms with E-state index < -0.39 is 0 Å². The third-order valence-corrected chi connectivity index (χ3v) is 1.53. The number of ether oxygens (including phenoxy) is 2. The fourth-order valence-electron chi connectivity index (χ4n) is 0.821. The first-order valence-corrected chi connectivity index (χ1v) is 3.66. The molecule has 1 aromatic rings. The number of benzene rings is 1. The van der Waals surface area contributed by atoms with Gasteiger partial charge in [-0.3, -0.25) is 0 Å². The highest BCUT2D eigenvalue weighted by atomic mass is 16.6. The van der Waals surface area contributed by atoms with Gasteiger partial charge in [0.2, 0.25) is 0 Å². The van der Waals surface area contributed by atoms with E-state index in [4.69, 9.17) is 9.47 Å². The van der Waals surface area contributed by atoms with Gasteiger partial charge < -0.3 is 9.47 Å². The Morgan fingerprint density at radius 1 is 1.55 bits per heavy atom. The summed E-state index contributed by atoms with van der Waals surface area (Å²) in [5.41, 5.74) is 0. The summed E-state index contributed by atoms with van der Waals surface area (Å²) in [5.74, 6) is 0.888. The molecule has 1 atom stereocenters. The van der Waals surface area contributed by atoms with E-state index in [2.05, 4.69) is 6.07 Å². The third-order valence-electron chi connectivity index (χ3n) is 1.53.